The van der Waals surface area contributed by atoms with Crippen LogP contribution in [0.4, 0.5) is 10.1 Å². The average molecular weight is 849 g/mol. The number of halogens is 1. The number of H-pyrrole nitrogens is 1. The van der Waals surface area contributed by atoms with E-state index in [1.165, 1.54) is 18.2 Å². The van der Waals surface area contributed by atoms with Gasteiger partial charge in [0.25, 0.3) is 23.3 Å². The Morgan fingerprint density at radius 1 is 0.774 bits per heavy atom. The van der Waals surface area contributed by atoms with Crippen LogP contribution in [-0.2, 0) is 25.6 Å². The number of hydrogen-bond acceptors (Lipinski definition) is 10. The quantitative estimate of drug-likeness (QED) is 0.0895. The second-order valence-corrected chi connectivity index (χ2v) is 15.8. The standard InChI is InChI=1S/C45H49FN8O8/c46-33-17-16-28(27-35-29-10-7-8-11-30(29)41(58)51-50-35)26-32(33)43(60)53-24-22-52(23-25-53)39(57)15-6-4-2-1-3-5-14-37(55)48-21-20-47-34-13-9-12-31-40(34)45(62)54(44(31)61)36-18-19-38(56)49-42(36)59/h7-13,16-17,26,36,47H,1-6,14-15,18-25,27H2,(H,48,55)(H,51,58)(H,49,56,59). The molecule has 3 aromatic carbocycles. The Hall–Kier alpha value is -6.78. The number of amides is 7. The van der Waals surface area contributed by atoms with E-state index in [4.69, 9.17) is 0 Å². The maximum Gasteiger partial charge on any atom is 0.272 e. The van der Waals surface area contributed by atoms with E-state index in [9.17, 15) is 42.7 Å². The van der Waals surface area contributed by atoms with Crippen molar-refractivity contribution < 1.29 is 38.0 Å². The van der Waals surface area contributed by atoms with Gasteiger partial charge in [-0.25, -0.2) is 9.49 Å². The van der Waals surface area contributed by atoms with Gasteiger partial charge in [0.15, 0.2) is 0 Å². The van der Waals surface area contributed by atoms with Crippen LogP contribution in [0.15, 0.2) is 65.5 Å². The smallest absolute Gasteiger partial charge is 0.272 e. The zero-order chi connectivity index (χ0) is 43.8. The first kappa shape index (κ1) is 43.3. The number of rotatable bonds is 17. The number of imide groups is 2. The fourth-order valence-corrected chi connectivity index (χ4v) is 8.25. The second-order valence-electron chi connectivity index (χ2n) is 15.8. The summed E-state index contributed by atoms with van der Waals surface area (Å²) in [6, 6.07) is 15.3. The molecule has 16 nitrogen and oxygen atoms in total. The number of hydrogen-bond donors (Lipinski definition) is 4. The molecular weight excluding hydrogens is 800 g/mol. The molecule has 62 heavy (non-hydrogen) atoms. The molecule has 4 N–H and O–H groups in total. The predicted octanol–water partition coefficient (Wildman–Crippen LogP) is 3.69. The summed E-state index contributed by atoms with van der Waals surface area (Å²) in [6.07, 6.45) is 6.25. The Morgan fingerprint density at radius 2 is 1.48 bits per heavy atom. The van der Waals surface area contributed by atoms with Crippen molar-refractivity contribution in [1.29, 1.82) is 0 Å². The summed E-state index contributed by atoms with van der Waals surface area (Å²) in [5, 5.41) is 16.1. The highest BCUT2D eigenvalue weighted by Gasteiger charge is 2.45. The number of nitrogens with zero attached hydrogens (tertiary/aromatic N) is 4. The Bertz CT molecular complexity index is 2460. The van der Waals surface area contributed by atoms with Crippen molar-refractivity contribution >= 4 is 57.8 Å². The van der Waals surface area contributed by atoms with Gasteiger partial charge >= 0.3 is 0 Å². The predicted molar refractivity (Wildman–Crippen MR) is 226 cm³/mol. The molecule has 2 fully saturated rings. The second kappa shape index (κ2) is 19.7. The van der Waals surface area contributed by atoms with Gasteiger partial charge in [-0.2, -0.15) is 5.10 Å². The SMILES string of the molecule is O=C(CCCCCCCCC(=O)N1CCN(C(=O)c2cc(Cc3n[nH]c(=O)c4ccccc34)ccc2F)CC1)NCCNc1cccc2c1C(=O)N(C1CCC(=O)NC1=O)C2=O. The van der Waals surface area contributed by atoms with Crippen LogP contribution in [0, 0.1) is 5.82 Å². The van der Waals surface area contributed by atoms with Crippen molar-refractivity contribution in [3.8, 4) is 0 Å². The molecule has 0 saturated carbocycles. The lowest BCUT2D eigenvalue weighted by molar-refractivity contribution is -0.136. The van der Waals surface area contributed by atoms with Crippen LogP contribution in [-0.4, -0.2) is 112 Å². The Morgan fingerprint density at radius 3 is 2.24 bits per heavy atom. The van der Waals surface area contributed by atoms with Crippen molar-refractivity contribution in [2.75, 3.05) is 44.6 Å². The maximum absolute atomic E-state index is 14.9. The summed E-state index contributed by atoms with van der Waals surface area (Å²) in [6.45, 7) is 1.95. The van der Waals surface area contributed by atoms with Crippen LogP contribution >= 0.6 is 0 Å². The minimum absolute atomic E-state index is 0.0306. The molecule has 4 aromatic rings. The molecule has 1 atom stereocenters. The fourth-order valence-electron chi connectivity index (χ4n) is 8.25. The van der Waals surface area contributed by atoms with Crippen LogP contribution in [0.5, 0.6) is 0 Å². The van der Waals surface area contributed by atoms with E-state index in [2.05, 4.69) is 26.1 Å². The van der Waals surface area contributed by atoms with E-state index in [1.807, 2.05) is 6.07 Å². The largest absolute Gasteiger partial charge is 0.383 e. The van der Waals surface area contributed by atoms with Gasteiger partial charge < -0.3 is 20.4 Å². The molecule has 3 aliphatic rings. The third-order valence-corrected chi connectivity index (χ3v) is 11.6. The molecule has 17 heteroatoms. The van der Waals surface area contributed by atoms with Crippen LogP contribution < -0.4 is 21.5 Å². The molecular formula is C45H49FN8O8. The summed E-state index contributed by atoms with van der Waals surface area (Å²) in [5.41, 5.74) is 1.72. The summed E-state index contributed by atoms with van der Waals surface area (Å²) >= 11 is 0. The third-order valence-electron chi connectivity index (χ3n) is 11.6. The van der Waals surface area contributed by atoms with Crippen molar-refractivity contribution in [3.63, 3.8) is 0 Å². The van der Waals surface area contributed by atoms with E-state index in [0.29, 0.717) is 86.2 Å². The fraction of sp³-hybridized carbons (Fsp3) is 0.400. The normalized spacial score (nSPS) is 16.4. The Balaban J connectivity index is 0.744. The number of carbonyl (C=O) groups is 7. The highest BCUT2D eigenvalue weighted by molar-refractivity contribution is 6.25. The first-order valence-corrected chi connectivity index (χ1v) is 21.2. The van der Waals surface area contributed by atoms with Crippen molar-refractivity contribution in [2.24, 2.45) is 0 Å². The molecule has 0 radical (unpaired) electrons. The third kappa shape index (κ3) is 9.88. The highest BCUT2D eigenvalue weighted by atomic mass is 19.1. The summed E-state index contributed by atoms with van der Waals surface area (Å²) in [5.74, 6) is -3.42. The number of nitrogens with one attached hydrogen (secondary N) is 4. The van der Waals surface area contributed by atoms with Gasteiger partial charge in [-0.05, 0) is 55.2 Å². The van der Waals surface area contributed by atoms with Crippen LogP contribution in [0.1, 0.15) is 107 Å². The van der Waals surface area contributed by atoms with Crippen molar-refractivity contribution in [1.82, 2.24) is 35.5 Å². The molecule has 7 rings (SSSR count). The number of aromatic amines is 1. The maximum atomic E-state index is 14.9. The van der Waals surface area contributed by atoms with Gasteiger partial charge in [0.1, 0.15) is 11.9 Å². The van der Waals surface area contributed by atoms with Gasteiger partial charge in [-0.15, -0.1) is 0 Å². The van der Waals surface area contributed by atoms with Crippen molar-refractivity contribution in [2.45, 2.75) is 76.7 Å². The lowest BCUT2D eigenvalue weighted by atomic mass is 10.0. The topological polar surface area (TPSA) is 211 Å². The lowest BCUT2D eigenvalue weighted by Gasteiger charge is -2.35. The van der Waals surface area contributed by atoms with Crippen LogP contribution in [0.2, 0.25) is 0 Å². The Labute approximate surface area is 356 Å². The number of unbranched alkanes of at least 4 members (excludes halogenated alkanes) is 5. The minimum Gasteiger partial charge on any atom is -0.383 e. The first-order chi connectivity index (χ1) is 30.0. The molecule has 1 unspecified atom stereocenters. The molecule has 0 aliphatic carbocycles. The van der Waals surface area contributed by atoms with E-state index in [1.54, 1.807) is 46.2 Å². The van der Waals surface area contributed by atoms with E-state index in [0.717, 1.165) is 43.4 Å². The molecule has 7 amide bonds. The van der Waals surface area contributed by atoms with Gasteiger partial charge in [-0.1, -0.05) is 56.0 Å². The minimum atomic E-state index is -1.05. The number of anilines is 1. The zero-order valence-corrected chi connectivity index (χ0v) is 34.3. The molecule has 1 aromatic heterocycles. The van der Waals surface area contributed by atoms with Crippen molar-refractivity contribution in [3.05, 3.63) is 105 Å². The molecule has 0 bridgehead atoms. The number of aromatic nitrogens is 2. The van der Waals surface area contributed by atoms with Gasteiger partial charge in [0.2, 0.25) is 23.6 Å². The zero-order valence-electron chi connectivity index (χ0n) is 34.3. The molecule has 0 spiro atoms. The molecule has 2 saturated heterocycles. The van der Waals surface area contributed by atoms with Crippen LogP contribution in [0.25, 0.3) is 10.8 Å². The number of benzene rings is 3. The molecule has 4 heterocycles. The average Bonchev–Trinajstić information content (AvgIpc) is 3.53. The summed E-state index contributed by atoms with van der Waals surface area (Å²) in [7, 11) is 0. The first-order valence-electron chi connectivity index (χ1n) is 21.2. The molecule has 3 aliphatic heterocycles. The monoisotopic (exact) mass is 848 g/mol. The summed E-state index contributed by atoms with van der Waals surface area (Å²) < 4.78 is 14.9. The van der Waals surface area contributed by atoms with E-state index >= 15 is 0 Å². The van der Waals surface area contributed by atoms with Gasteiger partial charge in [0, 0.05) is 76.0 Å². The number of piperazine rings is 1. The highest BCUT2D eigenvalue weighted by Crippen LogP contribution is 2.32. The van der Waals surface area contributed by atoms with Gasteiger partial charge in [-0.3, -0.25) is 48.6 Å². The number of piperidine rings is 1. The number of carbonyl (C=O) groups excluding carboxylic acids is 7. The molecule has 324 valence electrons. The summed E-state index contributed by atoms with van der Waals surface area (Å²) in [4.78, 5) is 105. The van der Waals surface area contributed by atoms with Gasteiger partial charge in [0.05, 0.1) is 27.8 Å². The van der Waals surface area contributed by atoms with Crippen LogP contribution in [0.3, 0.4) is 0 Å². The Kier molecular flexibility index (Phi) is 13.8. The van der Waals surface area contributed by atoms with E-state index < -0.39 is 41.4 Å². The lowest BCUT2D eigenvalue weighted by Crippen LogP contribution is -2.54. The van der Waals surface area contributed by atoms with E-state index in [-0.39, 0.29) is 46.9 Å². The number of fused-ring (bicyclic) bond motifs is 2.